The SMILES string of the molecule is [B]c1nc(C(=O)Nc2cnn(C)c2N2CCCC(N[C](=[Mn])C(F)(F)F)CC2)c(NC(=O)OC(C)(C)C)s1. The normalized spacial score (nSPS) is 16.7. The predicted molar refractivity (Wildman–Crippen MR) is 133 cm³/mol. The van der Waals surface area contributed by atoms with E-state index in [-0.39, 0.29) is 21.6 Å². The Hall–Kier alpha value is -2.42. The molecule has 1 aliphatic rings. The van der Waals surface area contributed by atoms with Crippen molar-refractivity contribution in [2.75, 3.05) is 28.6 Å². The van der Waals surface area contributed by atoms with Gasteiger partial charge in [0, 0.05) is 4.91 Å². The molecule has 3 N–H and O–H groups in total. The third-order valence-electron chi connectivity index (χ3n) is 5.24. The van der Waals surface area contributed by atoms with Crippen LogP contribution in [0.1, 0.15) is 50.5 Å². The third kappa shape index (κ3) is 8.03. The number of carbonyl (C=O) groups is 2. The Morgan fingerprint density at radius 1 is 1.22 bits per heavy atom. The Morgan fingerprint density at radius 3 is 2.57 bits per heavy atom. The molecule has 0 aliphatic carbocycles. The second-order valence-electron chi connectivity index (χ2n) is 9.39. The van der Waals surface area contributed by atoms with Crippen LogP contribution < -0.4 is 25.8 Å². The zero-order valence-electron chi connectivity index (χ0n) is 20.7. The molecule has 1 atom stereocenters. The summed E-state index contributed by atoms with van der Waals surface area (Å²) in [6, 6.07) is -0.369. The molecule has 2 amide bonds. The fourth-order valence-corrected chi connectivity index (χ4v) is 4.72. The van der Waals surface area contributed by atoms with Crippen LogP contribution in [0.3, 0.4) is 0 Å². The maximum atomic E-state index is 13.1. The van der Waals surface area contributed by atoms with Crippen molar-refractivity contribution in [3.8, 4) is 0 Å². The summed E-state index contributed by atoms with van der Waals surface area (Å²) in [5, 5.41) is 12.1. The number of aromatic nitrogens is 3. The van der Waals surface area contributed by atoms with Crippen LogP contribution >= 0.6 is 11.3 Å². The van der Waals surface area contributed by atoms with E-state index in [1.807, 2.05) is 4.90 Å². The van der Waals surface area contributed by atoms with E-state index in [0.717, 1.165) is 11.3 Å². The number of aryl methyl sites for hydroxylation is 1. The number of hydrogen-bond acceptors (Lipinski definition) is 8. The summed E-state index contributed by atoms with van der Waals surface area (Å²) >= 11 is 3.50. The quantitative estimate of drug-likeness (QED) is 0.450. The van der Waals surface area contributed by atoms with E-state index >= 15 is 0 Å². The minimum atomic E-state index is -4.47. The van der Waals surface area contributed by atoms with E-state index in [9.17, 15) is 22.8 Å². The Bertz CT molecular complexity index is 1170. The fraction of sp³-hybridized carbons (Fsp3) is 0.571. The van der Waals surface area contributed by atoms with E-state index in [1.54, 1.807) is 32.5 Å². The summed E-state index contributed by atoms with van der Waals surface area (Å²) in [6.45, 7) is 6.12. The molecule has 2 aromatic rings. The van der Waals surface area contributed by atoms with Crippen LogP contribution in [0.25, 0.3) is 0 Å². The number of amides is 2. The van der Waals surface area contributed by atoms with Gasteiger partial charge >= 0.3 is 160 Å². The first kappa shape index (κ1) is 29.1. The molecule has 0 bridgehead atoms. The van der Waals surface area contributed by atoms with E-state index < -0.39 is 28.3 Å². The summed E-state index contributed by atoms with van der Waals surface area (Å²) < 4.78 is 44.6. The number of thiazole rings is 1. The van der Waals surface area contributed by atoms with Crippen LogP contribution in [-0.4, -0.2) is 70.1 Å². The molecule has 37 heavy (non-hydrogen) atoms. The number of carbonyl (C=O) groups excluding carboxylic acids is 2. The molecule has 201 valence electrons. The molecule has 0 spiro atoms. The van der Waals surface area contributed by atoms with Gasteiger partial charge in [-0.15, -0.1) is 11.3 Å². The third-order valence-corrected chi connectivity index (χ3v) is 6.54. The Kier molecular flexibility index (Phi) is 9.09. The van der Waals surface area contributed by atoms with Gasteiger partial charge in [0.15, 0.2) is 7.85 Å². The van der Waals surface area contributed by atoms with Gasteiger partial charge in [0.1, 0.15) is 5.60 Å². The van der Waals surface area contributed by atoms with Crippen molar-refractivity contribution >= 4 is 57.1 Å². The first-order valence-electron chi connectivity index (χ1n) is 11.3. The number of ether oxygens (including phenoxy) is 1. The molecule has 0 aromatic carbocycles. The van der Waals surface area contributed by atoms with Gasteiger partial charge in [-0.2, -0.15) is 0 Å². The molecule has 1 fully saturated rings. The average Bonchev–Trinajstić information content (AvgIpc) is 3.20. The molecule has 3 rings (SSSR count). The van der Waals surface area contributed by atoms with Crippen molar-refractivity contribution < 1.29 is 43.1 Å². The Balaban J connectivity index is 1.72. The first-order valence-corrected chi connectivity index (χ1v) is 12.8. The zero-order chi connectivity index (χ0) is 27.5. The number of anilines is 3. The van der Waals surface area contributed by atoms with Crippen molar-refractivity contribution in [2.45, 2.75) is 57.9 Å². The molecular weight excluding hydrogens is 553 g/mol. The Morgan fingerprint density at radius 2 is 1.92 bits per heavy atom. The van der Waals surface area contributed by atoms with Gasteiger partial charge in [0.25, 0.3) is 0 Å². The minimum absolute atomic E-state index is 0.0792. The van der Waals surface area contributed by atoms with Crippen LogP contribution in [0.15, 0.2) is 6.20 Å². The molecule has 16 heteroatoms. The van der Waals surface area contributed by atoms with Crippen molar-refractivity contribution in [1.82, 2.24) is 20.1 Å². The molecular formula is C21H27BF3MnN7O3S. The van der Waals surface area contributed by atoms with Gasteiger partial charge in [-0.1, -0.05) is 0 Å². The molecule has 3 heterocycles. The zero-order valence-corrected chi connectivity index (χ0v) is 22.7. The van der Waals surface area contributed by atoms with Crippen LogP contribution in [0, 0.1) is 0 Å². The van der Waals surface area contributed by atoms with Crippen molar-refractivity contribution in [3.05, 3.63) is 11.9 Å². The molecule has 2 radical (unpaired) electrons. The summed E-state index contributed by atoms with van der Waals surface area (Å²) in [7, 11) is 7.49. The summed E-state index contributed by atoms with van der Waals surface area (Å²) in [6.07, 6.45) is -2.15. The summed E-state index contributed by atoms with van der Waals surface area (Å²) in [4.78, 5) is 31.4. The second-order valence-corrected chi connectivity index (χ2v) is 11.0. The van der Waals surface area contributed by atoms with Gasteiger partial charge in [0.05, 0.1) is 0 Å². The monoisotopic (exact) mass is 580 g/mol. The van der Waals surface area contributed by atoms with Gasteiger partial charge in [-0.3, -0.25) is 5.32 Å². The van der Waals surface area contributed by atoms with E-state index in [4.69, 9.17) is 12.6 Å². The van der Waals surface area contributed by atoms with Crippen LogP contribution in [-0.2, 0) is 27.4 Å². The average molecular weight is 580 g/mol. The van der Waals surface area contributed by atoms with Crippen LogP contribution in [0.4, 0.5) is 34.5 Å². The number of nitrogens with zero attached hydrogens (tertiary/aromatic N) is 4. The predicted octanol–water partition coefficient (Wildman–Crippen LogP) is 2.46. The number of nitrogens with one attached hydrogen (secondary N) is 3. The van der Waals surface area contributed by atoms with E-state index in [0.29, 0.717) is 43.9 Å². The molecule has 1 aliphatic heterocycles. The Labute approximate surface area is 225 Å². The second kappa shape index (κ2) is 11.5. The first-order chi connectivity index (χ1) is 17.1. The number of halogens is 3. The number of hydrogen-bond donors (Lipinski definition) is 3. The van der Waals surface area contributed by atoms with Crippen LogP contribution in [0.5, 0.6) is 0 Å². The standard InChI is InChI=1S/C21H27BF3N7O3S.Mn/c1-20(2,3)35-19(34)30-16-14(29-18(22)36-16)15(33)28-13-10-27-31(4)17(13)32-8-5-6-12(7-9-32)26-11-21(23,24)25;/h10,12,26H,5-9H2,1-4H3,(H,28,33)(H,30,34);. The summed E-state index contributed by atoms with van der Waals surface area (Å²) in [5.41, 5.74) is -0.442. The van der Waals surface area contributed by atoms with Crippen molar-refractivity contribution in [1.29, 1.82) is 0 Å². The van der Waals surface area contributed by atoms with Gasteiger partial charge < -0.3 is 4.74 Å². The molecule has 1 saturated heterocycles. The van der Waals surface area contributed by atoms with Crippen LogP contribution in [0.2, 0.25) is 0 Å². The maximum absolute atomic E-state index is 13.1. The number of alkyl halides is 3. The van der Waals surface area contributed by atoms with Gasteiger partial charge in [-0.25, -0.2) is 4.79 Å². The van der Waals surface area contributed by atoms with Gasteiger partial charge in [0.2, 0.25) is 0 Å². The topological polar surface area (TPSA) is 113 Å². The fourth-order valence-electron chi connectivity index (χ4n) is 3.76. The van der Waals surface area contributed by atoms with Gasteiger partial charge in [-0.05, 0) is 20.8 Å². The minimum Gasteiger partial charge on any atom is -0.444 e. The summed E-state index contributed by atoms with van der Waals surface area (Å²) in [5.74, 6) is -0.0240. The van der Waals surface area contributed by atoms with Crippen molar-refractivity contribution in [2.24, 2.45) is 7.05 Å². The van der Waals surface area contributed by atoms with E-state index in [1.165, 1.54) is 6.20 Å². The molecule has 1 unspecified atom stereocenters. The molecule has 10 nitrogen and oxygen atoms in total. The number of rotatable bonds is 6. The van der Waals surface area contributed by atoms with E-state index in [2.05, 4.69) is 41.6 Å². The van der Waals surface area contributed by atoms with Crippen molar-refractivity contribution in [3.63, 3.8) is 0 Å². The molecule has 2 aromatic heterocycles. The molecule has 0 saturated carbocycles. The smallest absolute Gasteiger partial charge is 0.444 e.